The molecule has 2 amide bonds. The predicted molar refractivity (Wildman–Crippen MR) is 162 cm³/mol. The summed E-state index contributed by atoms with van der Waals surface area (Å²) in [6.07, 6.45) is 2.53. The minimum atomic E-state index is -0.367. The zero-order chi connectivity index (χ0) is 28.3. The third-order valence-electron chi connectivity index (χ3n) is 6.38. The summed E-state index contributed by atoms with van der Waals surface area (Å²) in [4.78, 5) is 19.1. The third kappa shape index (κ3) is 8.84. The van der Waals surface area contributed by atoms with E-state index < -0.39 is 0 Å². The zero-order valence-electron chi connectivity index (χ0n) is 23.9. The summed E-state index contributed by atoms with van der Waals surface area (Å²) < 4.78 is 17.2. The Balaban J connectivity index is 0.00000462. The van der Waals surface area contributed by atoms with Gasteiger partial charge in [-0.25, -0.2) is 4.79 Å². The molecule has 207 valence electrons. The predicted octanol–water partition coefficient (Wildman–Crippen LogP) is 6.28. The van der Waals surface area contributed by atoms with Gasteiger partial charge in [0.05, 0.1) is 24.8 Å². The summed E-state index contributed by atoms with van der Waals surface area (Å²) >= 11 is 0. The van der Waals surface area contributed by atoms with Crippen LogP contribution in [-0.2, 0) is 0 Å². The first kappa shape index (κ1) is 31.7. The molecule has 2 N–H and O–H groups in total. The van der Waals surface area contributed by atoms with Crippen LogP contribution in [0.25, 0.3) is 10.9 Å². The molecule has 1 radical (unpaired) electrons. The number of methoxy groups -OCH3 is 1. The van der Waals surface area contributed by atoms with Gasteiger partial charge in [-0.15, -0.1) is 0 Å². The van der Waals surface area contributed by atoms with Crippen LogP contribution in [0.2, 0.25) is 0 Å². The molecule has 4 rings (SSSR count). The first-order valence-electron chi connectivity index (χ1n) is 13.2. The molecule has 0 unspecified atom stereocenters. The number of anilines is 2. The number of pyridine rings is 1. The molecule has 0 aliphatic heterocycles. The number of ether oxygens (including phenoxy) is 3. The molecule has 1 heterocycles. The largest absolute Gasteiger partial charge is 0.497 e. The molecule has 0 bridgehead atoms. The third-order valence-corrected chi connectivity index (χ3v) is 6.38. The first-order chi connectivity index (χ1) is 19.5. The second-order valence-electron chi connectivity index (χ2n) is 8.95. The van der Waals surface area contributed by atoms with Crippen LogP contribution in [0.5, 0.6) is 23.0 Å². The van der Waals surface area contributed by atoms with Crippen LogP contribution in [0.3, 0.4) is 0 Å². The SMILES string of the molecule is CCN(CC)CCCOc1cc2nccc(Oc3ccc(NC(=O)Nc4ccc(OC)cc4)cc3)c2cc1C#N.[Na]. The number of nitriles is 1. The summed E-state index contributed by atoms with van der Waals surface area (Å²) in [5.41, 5.74) is 2.35. The van der Waals surface area contributed by atoms with Gasteiger partial charge in [-0.05, 0) is 80.2 Å². The van der Waals surface area contributed by atoms with Gasteiger partial charge in [0.1, 0.15) is 29.1 Å². The van der Waals surface area contributed by atoms with Crippen molar-refractivity contribution in [1.29, 1.82) is 5.26 Å². The fourth-order valence-corrected chi connectivity index (χ4v) is 4.16. The quantitative estimate of drug-likeness (QED) is 0.154. The Morgan fingerprint density at radius 1 is 0.927 bits per heavy atom. The summed E-state index contributed by atoms with van der Waals surface area (Å²) in [6, 6.07) is 21.2. The van der Waals surface area contributed by atoms with Crippen LogP contribution >= 0.6 is 0 Å². The van der Waals surface area contributed by atoms with Crippen LogP contribution in [-0.4, -0.2) is 78.8 Å². The summed E-state index contributed by atoms with van der Waals surface area (Å²) in [5.74, 6) is 2.36. The Bertz CT molecular complexity index is 1470. The second kappa shape index (κ2) is 15.8. The number of nitrogens with zero attached hydrogens (tertiary/aromatic N) is 3. The van der Waals surface area contributed by atoms with Crippen molar-refractivity contribution in [3.8, 4) is 29.1 Å². The van der Waals surface area contributed by atoms with E-state index in [4.69, 9.17) is 14.2 Å². The van der Waals surface area contributed by atoms with Gasteiger partial charge in [-0.1, -0.05) is 13.8 Å². The molecule has 9 nitrogen and oxygen atoms in total. The van der Waals surface area contributed by atoms with Crippen molar-refractivity contribution in [2.24, 2.45) is 0 Å². The van der Waals surface area contributed by atoms with E-state index in [1.807, 2.05) is 0 Å². The standard InChI is InChI=1S/C31H33N5O4.Na/c1-4-36(5-2)17-6-18-39-30-20-28-27(19-22(30)21-32)29(15-16-33-28)40-26-13-9-24(10-14-26)35-31(37)34-23-7-11-25(38-3)12-8-23;/h7-16,19-20H,4-6,17-18H2,1-3H3,(H2,34,35,37);. The van der Waals surface area contributed by atoms with Gasteiger partial charge in [0, 0.05) is 65.1 Å². The molecule has 0 saturated heterocycles. The van der Waals surface area contributed by atoms with Crippen LogP contribution in [0, 0.1) is 11.3 Å². The smallest absolute Gasteiger partial charge is 0.323 e. The molecule has 10 heteroatoms. The van der Waals surface area contributed by atoms with Crippen molar-refractivity contribution in [2.75, 3.05) is 44.0 Å². The average Bonchev–Trinajstić information content (AvgIpc) is 2.98. The Morgan fingerprint density at radius 3 is 2.15 bits per heavy atom. The molecule has 0 aliphatic carbocycles. The van der Waals surface area contributed by atoms with Gasteiger partial charge in [-0.2, -0.15) is 5.26 Å². The van der Waals surface area contributed by atoms with Crippen LogP contribution in [0.15, 0.2) is 72.9 Å². The molecule has 0 spiro atoms. The Hall–Kier alpha value is -3.81. The van der Waals surface area contributed by atoms with E-state index >= 15 is 0 Å². The van der Waals surface area contributed by atoms with Gasteiger partial charge in [0.15, 0.2) is 0 Å². The normalized spacial score (nSPS) is 10.4. The van der Waals surface area contributed by atoms with Crippen molar-refractivity contribution in [1.82, 2.24) is 9.88 Å². The summed E-state index contributed by atoms with van der Waals surface area (Å²) in [5, 5.41) is 16.0. The van der Waals surface area contributed by atoms with E-state index in [2.05, 4.69) is 40.4 Å². The van der Waals surface area contributed by atoms with E-state index in [1.54, 1.807) is 80.0 Å². The number of carbonyl (C=O) groups excluding carboxylic acids is 1. The molecular weight excluding hydrogens is 529 g/mol. The van der Waals surface area contributed by atoms with Gasteiger partial charge in [0.25, 0.3) is 0 Å². The van der Waals surface area contributed by atoms with E-state index in [0.29, 0.717) is 57.4 Å². The number of urea groups is 1. The first-order valence-corrected chi connectivity index (χ1v) is 13.2. The molecule has 0 saturated carbocycles. The fourth-order valence-electron chi connectivity index (χ4n) is 4.16. The van der Waals surface area contributed by atoms with E-state index in [1.165, 1.54) is 0 Å². The number of fused-ring (bicyclic) bond motifs is 1. The van der Waals surface area contributed by atoms with Crippen molar-refractivity contribution >= 4 is 57.9 Å². The van der Waals surface area contributed by atoms with Crippen LogP contribution < -0.4 is 24.8 Å². The van der Waals surface area contributed by atoms with Gasteiger partial charge in [0.2, 0.25) is 0 Å². The zero-order valence-corrected chi connectivity index (χ0v) is 25.9. The van der Waals surface area contributed by atoms with E-state index in [-0.39, 0.29) is 35.6 Å². The molecule has 41 heavy (non-hydrogen) atoms. The number of amides is 2. The molecule has 3 aromatic carbocycles. The molecule has 1 aromatic heterocycles. The number of rotatable bonds is 12. The second-order valence-corrected chi connectivity index (χ2v) is 8.95. The fraction of sp³-hybridized carbons (Fsp3) is 0.258. The van der Waals surface area contributed by atoms with E-state index in [9.17, 15) is 10.1 Å². The minimum Gasteiger partial charge on any atom is -0.497 e. The molecule has 0 aliphatic rings. The molecular formula is C31H33N5NaO4. The Kier molecular flexibility index (Phi) is 12.3. The number of nitrogens with one attached hydrogen (secondary N) is 2. The van der Waals surface area contributed by atoms with Crippen molar-refractivity contribution in [2.45, 2.75) is 20.3 Å². The number of benzene rings is 3. The molecule has 4 aromatic rings. The number of hydrogen-bond acceptors (Lipinski definition) is 7. The maximum atomic E-state index is 12.4. The van der Waals surface area contributed by atoms with Gasteiger partial charge in [-0.3, -0.25) is 4.98 Å². The average molecular weight is 563 g/mol. The van der Waals surface area contributed by atoms with Crippen molar-refractivity contribution in [3.05, 3.63) is 78.5 Å². The van der Waals surface area contributed by atoms with E-state index in [0.717, 1.165) is 26.1 Å². The van der Waals surface area contributed by atoms with Crippen LogP contribution in [0.4, 0.5) is 16.2 Å². The number of carbonyl (C=O) groups is 1. The summed E-state index contributed by atoms with van der Waals surface area (Å²) in [6.45, 7) is 7.75. The van der Waals surface area contributed by atoms with Gasteiger partial charge >= 0.3 is 6.03 Å². The molecule has 0 fully saturated rings. The maximum absolute atomic E-state index is 12.4. The van der Waals surface area contributed by atoms with Crippen molar-refractivity contribution in [3.63, 3.8) is 0 Å². The Labute approximate surface area is 262 Å². The topological polar surface area (TPSA) is 109 Å². The summed E-state index contributed by atoms with van der Waals surface area (Å²) in [7, 11) is 1.59. The van der Waals surface area contributed by atoms with Gasteiger partial charge < -0.3 is 29.7 Å². The minimum absolute atomic E-state index is 0. The van der Waals surface area contributed by atoms with Crippen molar-refractivity contribution < 1.29 is 19.0 Å². The Morgan fingerprint density at radius 2 is 1.56 bits per heavy atom. The van der Waals surface area contributed by atoms with Crippen LogP contribution in [0.1, 0.15) is 25.8 Å². The monoisotopic (exact) mass is 562 g/mol. The molecule has 0 atom stereocenters. The number of aromatic nitrogens is 1. The number of hydrogen-bond donors (Lipinski definition) is 2. The maximum Gasteiger partial charge on any atom is 0.323 e.